The third kappa shape index (κ3) is 2.69. The van der Waals surface area contributed by atoms with E-state index < -0.39 is 0 Å². The van der Waals surface area contributed by atoms with E-state index in [1.54, 1.807) is 13.3 Å². The normalized spacial score (nSPS) is 29.2. The van der Waals surface area contributed by atoms with E-state index in [1.165, 1.54) is 0 Å². The molecule has 2 atom stereocenters. The quantitative estimate of drug-likeness (QED) is 0.827. The highest BCUT2D eigenvalue weighted by molar-refractivity contribution is 5.78. The highest BCUT2D eigenvalue weighted by atomic mass is 16.6. The van der Waals surface area contributed by atoms with Gasteiger partial charge in [-0.2, -0.15) is 0 Å². The molecule has 0 bridgehead atoms. The van der Waals surface area contributed by atoms with Crippen LogP contribution < -0.4 is 0 Å². The summed E-state index contributed by atoms with van der Waals surface area (Å²) < 4.78 is 11.3. The van der Waals surface area contributed by atoms with Gasteiger partial charge in [-0.05, 0) is 18.6 Å². The molecule has 0 radical (unpaired) electrons. The standard InChI is InChI=1S/C15H20N2O3/c1-19-13-9-15(20-10-13)5-7-17(11-15)14(18)8-12-4-2-3-6-16-12/h2-4,6,13H,5,7-11H2,1H3/t13-,15+/m0/s1. The summed E-state index contributed by atoms with van der Waals surface area (Å²) in [5.74, 6) is 0.130. The van der Waals surface area contributed by atoms with Gasteiger partial charge in [-0.3, -0.25) is 9.78 Å². The molecule has 3 heterocycles. The molecule has 0 unspecified atom stereocenters. The number of pyridine rings is 1. The summed E-state index contributed by atoms with van der Waals surface area (Å²) in [7, 11) is 1.71. The van der Waals surface area contributed by atoms with Crippen LogP contribution in [0.4, 0.5) is 0 Å². The largest absolute Gasteiger partial charge is 0.379 e. The van der Waals surface area contributed by atoms with Crippen LogP contribution in [-0.2, 0) is 20.7 Å². The number of hydrogen-bond acceptors (Lipinski definition) is 4. The highest BCUT2D eigenvalue weighted by Crippen LogP contribution is 2.36. The third-order valence-electron chi connectivity index (χ3n) is 4.24. The molecule has 3 rings (SSSR count). The molecule has 1 aromatic heterocycles. The van der Waals surface area contributed by atoms with Crippen LogP contribution in [0.25, 0.3) is 0 Å². The molecule has 1 amide bonds. The minimum Gasteiger partial charge on any atom is -0.379 e. The van der Waals surface area contributed by atoms with Crippen molar-refractivity contribution in [2.75, 3.05) is 26.8 Å². The van der Waals surface area contributed by atoms with E-state index in [-0.39, 0.29) is 17.6 Å². The molecular formula is C15H20N2O3. The summed E-state index contributed by atoms with van der Waals surface area (Å²) in [6, 6.07) is 5.65. The van der Waals surface area contributed by atoms with E-state index in [4.69, 9.17) is 9.47 Å². The van der Waals surface area contributed by atoms with Gasteiger partial charge in [-0.15, -0.1) is 0 Å². The zero-order chi connectivity index (χ0) is 14.0. The van der Waals surface area contributed by atoms with Crippen LogP contribution in [0.15, 0.2) is 24.4 Å². The van der Waals surface area contributed by atoms with E-state index in [0.717, 1.165) is 25.1 Å². The molecule has 5 heteroatoms. The van der Waals surface area contributed by atoms with Gasteiger partial charge in [0, 0.05) is 38.5 Å². The lowest BCUT2D eigenvalue weighted by atomic mass is 9.98. The topological polar surface area (TPSA) is 51.7 Å². The van der Waals surface area contributed by atoms with Crippen molar-refractivity contribution in [1.82, 2.24) is 9.88 Å². The number of hydrogen-bond donors (Lipinski definition) is 0. The maximum Gasteiger partial charge on any atom is 0.228 e. The lowest BCUT2D eigenvalue weighted by Gasteiger charge is -2.23. The Labute approximate surface area is 118 Å². The third-order valence-corrected chi connectivity index (χ3v) is 4.24. The van der Waals surface area contributed by atoms with Gasteiger partial charge >= 0.3 is 0 Å². The average Bonchev–Trinajstić information content (AvgIpc) is 3.08. The van der Waals surface area contributed by atoms with E-state index in [2.05, 4.69) is 4.98 Å². The maximum atomic E-state index is 12.3. The number of carbonyl (C=O) groups excluding carboxylic acids is 1. The van der Waals surface area contributed by atoms with Crippen LogP contribution >= 0.6 is 0 Å². The van der Waals surface area contributed by atoms with Crippen molar-refractivity contribution in [1.29, 1.82) is 0 Å². The molecule has 2 aliphatic heterocycles. The number of amides is 1. The SMILES string of the molecule is CO[C@@H]1CO[C@]2(CCN(C(=O)Cc3ccccn3)C2)C1. The van der Waals surface area contributed by atoms with Crippen molar-refractivity contribution in [3.05, 3.63) is 30.1 Å². The summed E-state index contributed by atoms with van der Waals surface area (Å²) in [5.41, 5.74) is 0.640. The van der Waals surface area contributed by atoms with Crippen LogP contribution in [0.2, 0.25) is 0 Å². The number of rotatable bonds is 3. The van der Waals surface area contributed by atoms with Crippen LogP contribution in [0, 0.1) is 0 Å². The van der Waals surface area contributed by atoms with Gasteiger partial charge in [0.1, 0.15) is 0 Å². The summed E-state index contributed by atoms with van der Waals surface area (Å²) in [4.78, 5) is 18.4. The summed E-state index contributed by atoms with van der Waals surface area (Å²) in [5, 5.41) is 0. The van der Waals surface area contributed by atoms with E-state index in [0.29, 0.717) is 19.6 Å². The number of ether oxygens (including phenoxy) is 2. The molecule has 0 N–H and O–H groups in total. The van der Waals surface area contributed by atoms with E-state index >= 15 is 0 Å². The molecule has 108 valence electrons. The molecular weight excluding hydrogens is 256 g/mol. The first-order valence-electron chi connectivity index (χ1n) is 7.05. The van der Waals surface area contributed by atoms with Crippen LogP contribution in [0.5, 0.6) is 0 Å². The Morgan fingerprint density at radius 2 is 2.50 bits per heavy atom. The molecule has 2 fully saturated rings. The lowest BCUT2D eigenvalue weighted by Crippen LogP contribution is -2.36. The van der Waals surface area contributed by atoms with Gasteiger partial charge in [0.05, 0.1) is 24.7 Å². The molecule has 5 nitrogen and oxygen atoms in total. The molecule has 0 aliphatic carbocycles. The number of methoxy groups -OCH3 is 1. The van der Waals surface area contributed by atoms with Crippen molar-refractivity contribution in [3.8, 4) is 0 Å². The summed E-state index contributed by atoms with van der Waals surface area (Å²) >= 11 is 0. The first-order valence-corrected chi connectivity index (χ1v) is 7.05. The van der Waals surface area contributed by atoms with Crippen molar-refractivity contribution in [2.45, 2.75) is 31.0 Å². The predicted octanol–water partition coefficient (Wildman–Crippen LogP) is 1.03. The number of carbonyl (C=O) groups is 1. The summed E-state index contributed by atoms with van der Waals surface area (Å²) in [6.45, 7) is 2.08. The smallest absolute Gasteiger partial charge is 0.228 e. The Kier molecular flexibility index (Phi) is 3.72. The fourth-order valence-corrected chi connectivity index (χ4v) is 3.07. The minimum atomic E-state index is -0.180. The Morgan fingerprint density at radius 1 is 1.60 bits per heavy atom. The molecule has 2 saturated heterocycles. The van der Waals surface area contributed by atoms with Crippen molar-refractivity contribution < 1.29 is 14.3 Å². The van der Waals surface area contributed by atoms with Gasteiger partial charge in [0.25, 0.3) is 0 Å². The Morgan fingerprint density at radius 3 is 3.20 bits per heavy atom. The second-order valence-corrected chi connectivity index (χ2v) is 5.62. The predicted molar refractivity (Wildman–Crippen MR) is 73.2 cm³/mol. The fraction of sp³-hybridized carbons (Fsp3) is 0.600. The average molecular weight is 276 g/mol. The molecule has 0 aromatic carbocycles. The van der Waals surface area contributed by atoms with Gasteiger partial charge in [0.15, 0.2) is 0 Å². The Hall–Kier alpha value is -1.46. The maximum absolute atomic E-state index is 12.3. The Bertz CT molecular complexity index is 479. The van der Waals surface area contributed by atoms with Gasteiger partial charge in [-0.1, -0.05) is 6.07 Å². The monoisotopic (exact) mass is 276 g/mol. The molecule has 1 aromatic rings. The first kappa shape index (κ1) is 13.5. The lowest BCUT2D eigenvalue weighted by molar-refractivity contribution is -0.130. The second-order valence-electron chi connectivity index (χ2n) is 5.62. The van der Waals surface area contributed by atoms with Gasteiger partial charge < -0.3 is 14.4 Å². The zero-order valence-corrected chi connectivity index (χ0v) is 11.7. The zero-order valence-electron chi connectivity index (χ0n) is 11.7. The van der Waals surface area contributed by atoms with Crippen LogP contribution in [0.1, 0.15) is 18.5 Å². The van der Waals surface area contributed by atoms with Gasteiger partial charge in [0.2, 0.25) is 5.91 Å². The second kappa shape index (κ2) is 5.50. The first-order chi connectivity index (χ1) is 9.71. The van der Waals surface area contributed by atoms with Crippen LogP contribution in [-0.4, -0.2) is 54.3 Å². The van der Waals surface area contributed by atoms with E-state index in [9.17, 15) is 4.79 Å². The highest BCUT2D eigenvalue weighted by Gasteiger charge is 2.46. The number of likely N-dealkylation sites (tertiary alicyclic amines) is 1. The molecule has 2 aliphatic rings. The van der Waals surface area contributed by atoms with Crippen molar-refractivity contribution >= 4 is 5.91 Å². The Balaban J connectivity index is 1.59. The fourth-order valence-electron chi connectivity index (χ4n) is 3.07. The summed E-state index contributed by atoms with van der Waals surface area (Å²) in [6.07, 6.45) is 4.04. The molecule has 1 spiro atoms. The van der Waals surface area contributed by atoms with Crippen molar-refractivity contribution in [3.63, 3.8) is 0 Å². The van der Waals surface area contributed by atoms with Gasteiger partial charge in [-0.25, -0.2) is 0 Å². The van der Waals surface area contributed by atoms with E-state index in [1.807, 2.05) is 23.1 Å². The minimum absolute atomic E-state index is 0.130. The number of nitrogens with zero attached hydrogens (tertiary/aromatic N) is 2. The van der Waals surface area contributed by atoms with Crippen LogP contribution in [0.3, 0.4) is 0 Å². The molecule has 0 saturated carbocycles. The molecule has 20 heavy (non-hydrogen) atoms. The van der Waals surface area contributed by atoms with Crippen molar-refractivity contribution in [2.24, 2.45) is 0 Å². The number of aromatic nitrogens is 1.